The van der Waals surface area contributed by atoms with Crippen LogP contribution >= 0.6 is 11.8 Å². The van der Waals surface area contributed by atoms with E-state index in [4.69, 9.17) is 10.2 Å². The Morgan fingerprint density at radius 1 is 1.47 bits per heavy atom. The summed E-state index contributed by atoms with van der Waals surface area (Å²) in [6.45, 7) is 3.92. The van der Waals surface area contributed by atoms with Crippen LogP contribution in [0.5, 0.6) is 0 Å². The topological polar surface area (TPSA) is 57.0 Å². The zero-order valence-corrected chi connectivity index (χ0v) is 11.1. The molecule has 2 rings (SSSR count). The van der Waals surface area contributed by atoms with Gasteiger partial charge < -0.3 is 14.7 Å². The Morgan fingerprint density at radius 2 is 2.24 bits per heavy atom. The second-order valence-electron chi connectivity index (χ2n) is 4.17. The van der Waals surface area contributed by atoms with Crippen molar-refractivity contribution in [3.05, 3.63) is 36.0 Å². The second kappa shape index (κ2) is 4.98. The van der Waals surface area contributed by atoms with Gasteiger partial charge in [-0.05, 0) is 26.0 Å². The molecule has 0 aliphatic heterocycles. The molecule has 0 amide bonds. The van der Waals surface area contributed by atoms with Crippen molar-refractivity contribution in [3.63, 3.8) is 0 Å². The van der Waals surface area contributed by atoms with Crippen LogP contribution in [0.25, 0.3) is 0 Å². The van der Waals surface area contributed by atoms with Crippen LogP contribution in [0, 0.1) is 6.92 Å². The van der Waals surface area contributed by atoms with Crippen molar-refractivity contribution >= 4 is 11.8 Å². The first-order chi connectivity index (χ1) is 8.08. The summed E-state index contributed by atoms with van der Waals surface area (Å²) < 4.78 is 7.64. The predicted molar refractivity (Wildman–Crippen MR) is 68.9 cm³/mol. The van der Waals surface area contributed by atoms with Crippen molar-refractivity contribution in [2.45, 2.75) is 30.3 Å². The number of rotatable bonds is 4. The number of nitrogens with zero attached hydrogens (tertiary/aromatic N) is 2. The molecule has 2 heterocycles. The lowest BCUT2D eigenvalue weighted by Gasteiger charge is -2.17. The van der Waals surface area contributed by atoms with Crippen molar-refractivity contribution in [2.24, 2.45) is 12.8 Å². The van der Waals surface area contributed by atoms with Gasteiger partial charge in [-0.15, -0.1) is 0 Å². The molecule has 2 N–H and O–H groups in total. The lowest BCUT2D eigenvalue weighted by atomic mass is 10.2. The molecular weight excluding hydrogens is 234 g/mol. The summed E-state index contributed by atoms with van der Waals surface area (Å²) in [4.78, 5) is 4.30. The summed E-state index contributed by atoms with van der Waals surface area (Å²) >= 11 is 1.63. The van der Waals surface area contributed by atoms with E-state index in [9.17, 15) is 0 Å². The van der Waals surface area contributed by atoms with E-state index in [0.29, 0.717) is 0 Å². The van der Waals surface area contributed by atoms with Gasteiger partial charge in [0, 0.05) is 25.5 Å². The fraction of sp³-hybridized carbons (Fsp3) is 0.417. The lowest BCUT2D eigenvalue weighted by Crippen LogP contribution is -2.22. The third kappa shape index (κ3) is 2.73. The Morgan fingerprint density at radius 3 is 2.71 bits per heavy atom. The van der Waals surface area contributed by atoms with Gasteiger partial charge in [-0.2, -0.15) is 0 Å². The molecule has 2 aromatic heterocycles. The fourth-order valence-corrected chi connectivity index (χ4v) is 2.64. The Labute approximate surface area is 105 Å². The first-order valence-electron chi connectivity index (χ1n) is 5.54. The molecule has 0 saturated carbocycles. The summed E-state index contributed by atoms with van der Waals surface area (Å²) in [6, 6.07) is 3.95. The third-order valence-corrected chi connectivity index (χ3v) is 4.05. The van der Waals surface area contributed by atoms with Crippen LogP contribution in [0.4, 0.5) is 0 Å². The van der Waals surface area contributed by atoms with Crippen LogP contribution in [0.3, 0.4) is 0 Å². The van der Waals surface area contributed by atoms with Gasteiger partial charge >= 0.3 is 0 Å². The van der Waals surface area contributed by atoms with E-state index >= 15 is 0 Å². The predicted octanol–water partition coefficient (Wildman–Crippen LogP) is 2.50. The molecule has 2 unspecified atom stereocenters. The number of thioether (sulfide) groups is 1. The fourth-order valence-electron chi connectivity index (χ4n) is 1.61. The summed E-state index contributed by atoms with van der Waals surface area (Å²) in [6.07, 6.45) is 3.71. The van der Waals surface area contributed by atoms with Crippen LogP contribution < -0.4 is 5.73 Å². The Hall–Kier alpha value is -1.20. The molecule has 0 fully saturated rings. The van der Waals surface area contributed by atoms with Gasteiger partial charge in [0.15, 0.2) is 5.16 Å². The van der Waals surface area contributed by atoms with E-state index in [1.165, 1.54) is 0 Å². The highest BCUT2D eigenvalue weighted by atomic mass is 32.2. The largest absolute Gasteiger partial charge is 0.465 e. The Bertz CT molecular complexity index is 489. The van der Waals surface area contributed by atoms with Gasteiger partial charge in [-0.1, -0.05) is 11.8 Å². The van der Waals surface area contributed by atoms with Crippen molar-refractivity contribution in [1.29, 1.82) is 0 Å². The maximum atomic E-state index is 6.03. The maximum Gasteiger partial charge on any atom is 0.168 e. The molecule has 4 nitrogen and oxygen atoms in total. The Kier molecular flexibility index (Phi) is 3.59. The number of nitrogens with two attached hydrogens (primary N) is 1. The molecule has 0 spiro atoms. The normalized spacial score (nSPS) is 14.8. The highest BCUT2D eigenvalue weighted by Gasteiger charge is 2.22. The number of aryl methyl sites for hydroxylation is 2. The molecule has 0 bridgehead atoms. The molecule has 17 heavy (non-hydrogen) atoms. The minimum atomic E-state index is 0.00208. The number of hydrogen-bond acceptors (Lipinski definition) is 4. The standard InChI is InChI=1S/C12H17N3OS/c1-8-4-5-10(16-8)11(9(2)13)17-12-14-6-7-15(12)3/h4-7,9,11H,13H2,1-3H3. The Balaban J connectivity index is 2.22. The van der Waals surface area contributed by atoms with Crippen molar-refractivity contribution in [1.82, 2.24) is 9.55 Å². The lowest BCUT2D eigenvalue weighted by molar-refractivity contribution is 0.464. The molecular formula is C12H17N3OS. The molecule has 92 valence electrons. The first-order valence-corrected chi connectivity index (χ1v) is 6.42. The van der Waals surface area contributed by atoms with Crippen LogP contribution in [0.1, 0.15) is 23.7 Å². The zero-order valence-electron chi connectivity index (χ0n) is 10.3. The van der Waals surface area contributed by atoms with Gasteiger partial charge in [0.2, 0.25) is 0 Å². The summed E-state index contributed by atoms with van der Waals surface area (Å²) in [7, 11) is 1.97. The molecule has 5 heteroatoms. The quantitative estimate of drug-likeness (QED) is 0.848. The number of furan rings is 1. The van der Waals surface area contributed by atoms with Crippen molar-refractivity contribution in [2.75, 3.05) is 0 Å². The monoisotopic (exact) mass is 251 g/mol. The minimum absolute atomic E-state index is 0.00208. The molecule has 0 radical (unpaired) electrons. The van der Waals surface area contributed by atoms with E-state index in [1.54, 1.807) is 18.0 Å². The highest BCUT2D eigenvalue weighted by Crippen LogP contribution is 2.36. The molecule has 2 aromatic rings. The molecule has 0 saturated heterocycles. The van der Waals surface area contributed by atoms with Crippen LogP contribution in [-0.4, -0.2) is 15.6 Å². The number of imidazole rings is 1. The number of aromatic nitrogens is 2. The van der Waals surface area contributed by atoms with Crippen LogP contribution in [0.2, 0.25) is 0 Å². The van der Waals surface area contributed by atoms with Gasteiger partial charge in [-0.25, -0.2) is 4.98 Å². The third-order valence-electron chi connectivity index (χ3n) is 2.53. The first kappa shape index (κ1) is 12.3. The van der Waals surface area contributed by atoms with E-state index < -0.39 is 0 Å². The highest BCUT2D eigenvalue weighted by molar-refractivity contribution is 7.99. The summed E-state index contributed by atoms with van der Waals surface area (Å²) in [5.41, 5.74) is 6.03. The van der Waals surface area contributed by atoms with Crippen molar-refractivity contribution < 1.29 is 4.42 Å². The van der Waals surface area contributed by atoms with Crippen LogP contribution in [0.15, 0.2) is 34.1 Å². The molecule has 0 aliphatic carbocycles. The molecule has 2 atom stereocenters. The van der Waals surface area contributed by atoms with E-state index in [0.717, 1.165) is 16.7 Å². The molecule has 0 aromatic carbocycles. The maximum absolute atomic E-state index is 6.03. The smallest absolute Gasteiger partial charge is 0.168 e. The average molecular weight is 251 g/mol. The number of hydrogen-bond donors (Lipinski definition) is 1. The van der Waals surface area contributed by atoms with Gasteiger partial charge in [0.05, 0.1) is 5.25 Å². The summed E-state index contributed by atoms with van der Waals surface area (Å²) in [5.74, 6) is 1.82. The van der Waals surface area contributed by atoms with Gasteiger partial charge in [0.25, 0.3) is 0 Å². The van der Waals surface area contributed by atoms with Crippen molar-refractivity contribution in [3.8, 4) is 0 Å². The average Bonchev–Trinajstić information content (AvgIpc) is 2.84. The van der Waals surface area contributed by atoms with E-state index in [2.05, 4.69) is 4.98 Å². The zero-order chi connectivity index (χ0) is 12.4. The van der Waals surface area contributed by atoms with Crippen LogP contribution in [-0.2, 0) is 7.05 Å². The molecule has 0 aliphatic rings. The van der Waals surface area contributed by atoms with Gasteiger partial charge in [0.1, 0.15) is 11.5 Å². The van der Waals surface area contributed by atoms with E-state index in [-0.39, 0.29) is 11.3 Å². The minimum Gasteiger partial charge on any atom is -0.465 e. The SMILES string of the molecule is Cc1ccc(C(Sc2nccn2C)C(C)N)o1. The van der Waals surface area contributed by atoms with Gasteiger partial charge in [-0.3, -0.25) is 0 Å². The van der Waals surface area contributed by atoms with E-state index in [1.807, 2.05) is 43.8 Å². The summed E-state index contributed by atoms with van der Waals surface area (Å²) in [5, 5.41) is 1.03. The second-order valence-corrected chi connectivity index (χ2v) is 5.28.